The average molecular weight is 701 g/mol. The lowest BCUT2D eigenvalue weighted by molar-refractivity contribution is -0.274. The number of amidine groups is 1. The van der Waals surface area contributed by atoms with Crippen molar-refractivity contribution in [3.8, 4) is 28.6 Å². The molecule has 5 rings (SSSR count). The first-order valence-electron chi connectivity index (χ1n) is 13.1. The van der Waals surface area contributed by atoms with Crippen molar-refractivity contribution >= 4 is 46.2 Å². The maximum Gasteiger partial charge on any atom is 0.573 e. The molecular weight excluding hydrogens is 682 g/mol. The highest BCUT2D eigenvalue weighted by Crippen LogP contribution is 2.37. The molecule has 11 nitrogen and oxygen atoms in total. The van der Waals surface area contributed by atoms with Crippen LogP contribution in [0, 0.1) is 0 Å². The molecule has 0 spiro atoms. The van der Waals surface area contributed by atoms with Gasteiger partial charge >= 0.3 is 18.8 Å². The Hall–Kier alpha value is -4.81. The lowest BCUT2D eigenvalue weighted by atomic mass is 10.1. The third-order valence-electron chi connectivity index (χ3n) is 6.00. The molecule has 1 aromatic heterocycles. The zero-order valence-corrected chi connectivity index (χ0v) is 24.9. The van der Waals surface area contributed by atoms with Crippen molar-refractivity contribution in [3.05, 3.63) is 83.6 Å². The predicted molar refractivity (Wildman–Crippen MR) is 157 cm³/mol. The van der Waals surface area contributed by atoms with E-state index in [1.165, 1.54) is 35.3 Å². The van der Waals surface area contributed by atoms with Crippen molar-refractivity contribution in [2.24, 2.45) is 4.99 Å². The molecule has 19 heteroatoms. The summed E-state index contributed by atoms with van der Waals surface area (Å²) in [7, 11) is 0. The average Bonchev–Trinajstić information content (AvgIpc) is 3.65. The van der Waals surface area contributed by atoms with Gasteiger partial charge in [0.25, 0.3) is 6.36 Å². The van der Waals surface area contributed by atoms with E-state index < -0.39 is 36.8 Å². The summed E-state index contributed by atoms with van der Waals surface area (Å²) in [5, 5.41) is 4.25. The minimum atomic E-state index is -4.80. The number of hydrogen-bond acceptors (Lipinski definition) is 8. The van der Waals surface area contributed by atoms with E-state index in [2.05, 4.69) is 30.0 Å². The van der Waals surface area contributed by atoms with Gasteiger partial charge in [0.2, 0.25) is 5.91 Å². The number of nitrogens with one attached hydrogen (secondary N) is 1. The molecule has 2 heterocycles. The minimum Gasteiger partial charge on any atom is -0.452 e. The molecule has 1 unspecified atom stereocenters. The van der Waals surface area contributed by atoms with Crippen LogP contribution in [0.25, 0.3) is 17.1 Å². The van der Waals surface area contributed by atoms with Crippen molar-refractivity contribution in [1.82, 2.24) is 20.2 Å². The fourth-order valence-corrected chi connectivity index (χ4v) is 5.01. The highest BCUT2D eigenvalue weighted by molar-refractivity contribution is 8.15. The number of anilines is 1. The highest BCUT2D eigenvalue weighted by atomic mass is 35.5. The number of aliphatic imine (C=N–C) groups is 1. The highest BCUT2D eigenvalue weighted by Gasteiger charge is 2.34. The minimum absolute atomic E-state index is 0.0833. The monoisotopic (exact) mass is 700 g/mol. The summed E-state index contributed by atoms with van der Waals surface area (Å²) in [5.74, 6) is -1.21. The lowest BCUT2D eigenvalue weighted by Gasteiger charge is -2.21. The number of aromatic nitrogens is 3. The van der Waals surface area contributed by atoms with Crippen LogP contribution < -0.4 is 19.9 Å². The summed E-state index contributed by atoms with van der Waals surface area (Å²) in [4.78, 5) is 39.2. The number of rotatable bonds is 10. The first-order valence-corrected chi connectivity index (χ1v) is 14.4. The van der Waals surface area contributed by atoms with Crippen LogP contribution in [-0.4, -0.2) is 56.8 Å². The number of alkyl halides is 6. The zero-order valence-electron chi connectivity index (χ0n) is 23.3. The molecule has 0 saturated carbocycles. The van der Waals surface area contributed by atoms with E-state index in [1.54, 1.807) is 24.3 Å². The molecule has 1 aliphatic heterocycles. The predicted octanol–water partition coefficient (Wildman–Crippen LogP) is 6.70. The number of urea groups is 1. The van der Waals surface area contributed by atoms with Crippen molar-refractivity contribution in [3.63, 3.8) is 0 Å². The molecule has 47 heavy (non-hydrogen) atoms. The number of carbonyl (C=O) groups is 2. The van der Waals surface area contributed by atoms with Crippen LogP contribution in [0.1, 0.15) is 5.56 Å². The van der Waals surface area contributed by atoms with Crippen molar-refractivity contribution in [2.75, 3.05) is 10.7 Å². The summed E-state index contributed by atoms with van der Waals surface area (Å²) in [6.45, 7) is -0.0985. The van der Waals surface area contributed by atoms with Crippen LogP contribution in [0.4, 0.5) is 36.8 Å². The number of nitrogens with zero attached hydrogens (tertiary/aromatic N) is 5. The number of hydrogen-bond donors (Lipinski definition) is 1. The fraction of sp³-hybridized carbons (Fsp3) is 0.179. The van der Waals surface area contributed by atoms with E-state index in [4.69, 9.17) is 16.4 Å². The Morgan fingerprint density at radius 1 is 1.06 bits per heavy atom. The Kier molecular flexibility index (Phi) is 10.2. The molecule has 0 radical (unpaired) electrons. The van der Waals surface area contributed by atoms with Crippen LogP contribution in [0.3, 0.4) is 0 Å². The summed E-state index contributed by atoms with van der Waals surface area (Å²) in [5.41, 5.74) is 3.61. The van der Waals surface area contributed by atoms with Gasteiger partial charge in [0.05, 0.1) is 23.7 Å². The normalized spacial score (nSPS) is 14.9. The number of halogens is 7. The van der Waals surface area contributed by atoms with Gasteiger partial charge in [-0.05, 0) is 48.0 Å². The largest absolute Gasteiger partial charge is 0.573 e. The summed E-state index contributed by atoms with van der Waals surface area (Å²) in [6.07, 6.45) is -9.84. The Balaban J connectivity index is 1.18. The van der Waals surface area contributed by atoms with Crippen LogP contribution in [0.5, 0.6) is 11.5 Å². The standard InChI is InChI=1S/C28H19ClF6N6O5S/c29-17-5-10-21(45-24(32)23(30)31)20(11-17)41-22(42)13-47-27(41)37-26(43)39-44-12-15-1-3-16(4-2-15)25-36-14-40(38-25)18-6-8-19(9-7-18)46-28(33,34)35/h1-11,14,23-24H,12-13H2,(H,39,43). The van der Waals surface area contributed by atoms with Gasteiger partial charge in [0, 0.05) is 10.6 Å². The summed E-state index contributed by atoms with van der Waals surface area (Å²) < 4.78 is 86.1. The third-order valence-corrected chi connectivity index (χ3v) is 7.16. The Morgan fingerprint density at radius 3 is 2.47 bits per heavy atom. The molecule has 1 atom stereocenters. The maximum absolute atomic E-state index is 13.6. The number of carbonyl (C=O) groups excluding carboxylic acids is 2. The van der Waals surface area contributed by atoms with Crippen LogP contribution >= 0.6 is 23.4 Å². The number of ether oxygens (including phenoxy) is 2. The second kappa shape index (κ2) is 14.3. The lowest BCUT2D eigenvalue weighted by Crippen LogP contribution is -2.32. The smallest absolute Gasteiger partial charge is 0.452 e. The molecule has 0 bridgehead atoms. The number of thioether (sulfide) groups is 1. The second-order valence-corrected chi connectivity index (χ2v) is 10.7. The van der Waals surface area contributed by atoms with Crippen molar-refractivity contribution < 1.29 is 50.2 Å². The topological polar surface area (TPSA) is 120 Å². The Morgan fingerprint density at radius 2 is 1.79 bits per heavy atom. The quantitative estimate of drug-likeness (QED) is 0.143. The van der Waals surface area contributed by atoms with Crippen molar-refractivity contribution in [2.45, 2.75) is 25.8 Å². The maximum atomic E-state index is 13.6. The number of amides is 3. The molecule has 0 aliphatic carbocycles. The van der Waals surface area contributed by atoms with Crippen LogP contribution in [0.15, 0.2) is 78.0 Å². The van der Waals surface area contributed by atoms with Gasteiger partial charge in [-0.25, -0.2) is 28.7 Å². The number of benzene rings is 3. The molecule has 1 N–H and O–H groups in total. The first kappa shape index (κ1) is 33.6. The van der Waals surface area contributed by atoms with Gasteiger partial charge in [-0.15, -0.1) is 18.3 Å². The molecule has 1 saturated heterocycles. The van der Waals surface area contributed by atoms with E-state index in [0.29, 0.717) is 22.6 Å². The van der Waals surface area contributed by atoms with Gasteiger partial charge in [-0.2, -0.15) is 9.38 Å². The second-order valence-electron chi connectivity index (χ2n) is 9.27. The molecule has 3 aromatic carbocycles. The third kappa shape index (κ3) is 8.72. The molecule has 3 amide bonds. The van der Waals surface area contributed by atoms with Crippen molar-refractivity contribution in [1.29, 1.82) is 0 Å². The summed E-state index contributed by atoms with van der Waals surface area (Å²) in [6, 6.07) is 14.3. The Labute approximate surface area is 270 Å². The Bertz CT molecular complexity index is 1770. The van der Waals surface area contributed by atoms with Gasteiger partial charge in [0.15, 0.2) is 11.0 Å². The van der Waals surface area contributed by atoms with E-state index in [9.17, 15) is 35.9 Å². The zero-order chi connectivity index (χ0) is 33.7. The van der Waals surface area contributed by atoms with E-state index in [-0.39, 0.29) is 34.0 Å². The van der Waals surface area contributed by atoms with Gasteiger partial charge < -0.3 is 9.47 Å². The SMILES string of the molecule is O=C(N=C1SCC(=O)N1c1cc(Cl)ccc1OC(F)C(F)F)NOCc1ccc(-c2ncn(-c3ccc(OC(F)(F)F)cc3)n2)cc1. The van der Waals surface area contributed by atoms with Crippen LogP contribution in [0.2, 0.25) is 5.02 Å². The van der Waals surface area contributed by atoms with E-state index in [1.807, 2.05) is 0 Å². The van der Waals surface area contributed by atoms with E-state index >= 15 is 0 Å². The van der Waals surface area contributed by atoms with Gasteiger partial charge in [0.1, 0.15) is 17.8 Å². The molecule has 4 aromatic rings. The van der Waals surface area contributed by atoms with Gasteiger partial charge in [-0.1, -0.05) is 47.6 Å². The number of hydroxylamine groups is 1. The molecule has 246 valence electrons. The molecule has 1 fully saturated rings. The summed E-state index contributed by atoms with van der Waals surface area (Å²) >= 11 is 6.85. The first-order chi connectivity index (χ1) is 22.4. The fourth-order valence-electron chi connectivity index (χ4n) is 3.98. The van der Waals surface area contributed by atoms with Gasteiger partial charge in [-0.3, -0.25) is 14.5 Å². The van der Waals surface area contributed by atoms with Crippen LogP contribution in [-0.2, 0) is 16.2 Å². The molecular formula is C28H19ClF6N6O5S. The van der Waals surface area contributed by atoms with E-state index in [0.717, 1.165) is 34.9 Å². The molecule has 1 aliphatic rings.